The number of para-hydroxylation sites is 1. The van der Waals surface area contributed by atoms with E-state index in [0.29, 0.717) is 15.2 Å². The zero-order chi connectivity index (χ0) is 11.1. The first-order valence-corrected chi connectivity index (χ1v) is 7.18. The molecule has 1 aliphatic rings. The fourth-order valence-corrected chi connectivity index (χ4v) is 3.62. The third-order valence-electron chi connectivity index (χ3n) is 2.17. The number of hydrogen-bond acceptors (Lipinski definition) is 2. The highest BCUT2D eigenvalue weighted by Crippen LogP contribution is 2.35. The normalized spacial score (nSPS) is 16.4. The maximum atomic E-state index is 11.7. The number of hydrogen-bond donors (Lipinski definition) is 1. The second-order valence-electron chi connectivity index (χ2n) is 3.44. The molecule has 0 spiro atoms. The monoisotopic (exact) mass is 309 g/mol. The molecule has 1 saturated carbocycles. The van der Waals surface area contributed by atoms with Crippen molar-refractivity contribution in [2.45, 2.75) is 18.1 Å². The zero-order valence-corrected chi connectivity index (χ0v) is 10.9. The molecule has 0 atom stereocenters. The number of nitrogens with one attached hydrogen (secondary N) is 1. The molecule has 0 aromatic heterocycles. The lowest BCUT2D eigenvalue weighted by molar-refractivity contribution is 0.600. The minimum atomic E-state index is -3.25. The van der Waals surface area contributed by atoms with Crippen molar-refractivity contribution in [3.8, 4) is 0 Å². The van der Waals surface area contributed by atoms with Crippen LogP contribution >= 0.6 is 27.5 Å². The number of sulfonamides is 1. The molecule has 2 rings (SSSR count). The molecule has 0 saturated heterocycles. The molecule has 0 unspecified atom stereocenters. The van der Waals surface area contributed by atoms with Crippen molar-refractivity contribution >= 4 is 43.2 Å². The predicted molar refractivity (Wildman–Crippen MR) is 64.7 cm³/mol. The Balaban J connectivity index is 2.31. The first kappa shape index (κ1) is 11.2. The molecule has 6 heteroatoms. The van der Waals surface area contributed by atoms with Crippen LogP contribution in [0.1, 0.15) is 12.8 Å². The van der Waals surface area contributed by atoms with Crippen molar-refractivity contribution in [3.63, 3.8) is 0 Å². The van der Waals surface area contributed by atoms with E-state index in [1.165, 1.54) is 0 Å². The van der Waals surface area contributed by atoms with E-state index in [-0.39, 0.29) is 5.25 Å². The summed E-state index contributed by atoms with van der Waals surface area (Å²) in [4.78, 5) is 0. The Labute approximate surface area is 102 Å². The van der Waals surface area contributed by atoms with Crippen LogP contribution in [0.2, 0.25) is 5.02 Å². The van der Waals surface area contributed by atoms with Crippen molar-refractivity contribution in [3.05, 3.63) is 27.7 Å². The molecule has 0 radical (unpaired) electrons. The van der Waals surface area contributed by atoms with Crippen LogP contribution in [0.4, 0.5) is 5.69 Å². The van der Waals surface area contributed by atoms with E-state index in [0.717, 1.165) is 12.8 Å². The minimum Gasteiger partial charge on any atom is -0.281 e. The Morgan fingerprint density at radius 3 is 2.60 bits per heavy atom. The van der Waals surface area contributed by atoms with Gasteiger partial charge in [0.25, 0.3) is 0 Å². The van der Waals surface area contributed by atoms with E-state index in [2.05, 4.69) is 20.7 Å². The molecule has 15 heavy (non-hydrogen) atoms. The summed E-state index contributed by atoms with van der Waals surface area (Å²) in [6, 6.07) is 5.15. The van der Waals surface area contributed by atoms with Gasteiger partial charge in [-0.1, -0.05) is 17.7 Å². The second kappa shape index (κ2) is 3.96. The Kier molecular flexibility index (Phi) is 2.96. The summed E-state index contributed by atoms with van der Waals surface area (Å²) in [6.07, 6.45) is 1.47. The third kappa shape index (κ3) is 2.46. The summed E-state index contributed by atoms with van der Waals surface area (Å²) in [5.74, 6) is 0. The summed E-state index contributed by atoms with van der Waals surface area (Å²) in [5.41, 5.74) is 0.422. The van der Waals surface area contributed by atoms with Crippen molar-refractivity contribution in [2.75, 3.05) is 4.72 Å². The van der Waals surface area contributed by atoms with E-state index >= 15 is 0 Å². The van der Waals surface area contributed by atoms with E-state index in [1.54, 1.807) is 18.2 Å². The summed E-state index contributed by atoms with van der Waals surface area (Å²) >= 11 is 9.16. The van der Waals surface area contributed by atoms with Gasteiger partial charge in [-0.15, -0.1) is 0 Å². The van der Waals surface area contributed by atoms with Gasteiger partial charge in [-0.25, -0.2) is 8.42 Å². The average Bonchev–Trinajstić information content (AvgIpc) is 2.94. The van der Waals surface area contributed by atoms with Crippen LogP contribution in [0, 0.1) is 0 Å². The molecule has 82 valence electrons. The lowest BCUT2D eigenvalue weighted by Crippen LogP contribution is -2.17. The summed E-state index contributed by atoms with van der Waals surface area (Å²) in [6.45, 7) is 0. The van der Waals surface area contributed by atoms with Crippen LogP contribution < -0.4 is 4.72 Å². The minimum absolute atomic E-state index is 0.249. The van der Waals surface area contributed by atoms with E-state index in [9.17, 15) is 8.42 Å². The standard InChI is InChI=1S/C9H9BrClNO2S/c10-7-2-1-3-8(11)9(7)12-15(13,14)6-4-5-6/h1-3,6,12H,4-5H2. The fraction of sp³-hybridized carbons (Fsp3) is 0.333. The quantitative estimate of drug-likeness (QED) is 0.933. The number of rotatable bonds is 3. The smallest absolute Gasteiger partial charge is 0.235 e. The topological polar surface area (TPSA) is 46.2 Å². The van der Waals surface area contributed by atoms with Crippen LogP contribution in [0.25, 0.3) is 0 Å². The number of halogens is 2. The lowest BCUT2D eigenvalue weighted by Gasteiger charge is -2.10. The van der Waals surface area contributed by atoms with Gasteiger partial charge < -0.3 is 0 Å². The molecule has 0 aliphatic heterocycles. The van der Waals surface area contributed by atoms with Gasteiger partial charge in [0.05, 0.1) is 16.0 Å². The molecule has 0 amide bonds. The number of benzene rings is 1. The largest absolute Gasteiger partial charge is 0.281 e. The summed E-state index contributed by atoms with van der Waals surface area (Å²) in [7, 11) is -3.25. The van der Waals surface area contributed by atoms with Gasteiger partial charge in [0.15, 0.2) is 0 Å². The second-order valence-corrected chi connectivity index (χ2v) is 6.67. The predicted octanol–water partition coefficient (Wildman–Crippen LogP) is 3.01. The van der Waals surface area contributed by atoms with Crippen LogP contribution in [-0.2, 0) is 10.0 Å². The lowest BCUT2D eigenvalue weighted by atomic mass is 10.3. The highest BCUT2D eigenvalue weighted by atomic mass is 79.9. The van der Waals surface area contributed by atoms with Crippen molar-refractivity contribution in [1.29, 1.82) is 0 Å². The van der Waals surface area contributed by atoms with E-state index in [1.807, 2.05) is 0 Å². The molecule has 1 fully saturated rings. The highest BCUT2D eigenvalue weighted by Gasteiger charge is 2.36. The van der Waals surface area contributed by atoms with Gasteiger partial charge in [0, 0.05) is 4.47 Å². The average molecular weight is 311 g/mol. The highest BCUT2D eigenvalue weighted by molar-refractivity contribution is 9.10. The molecule has 1 aromatic carbocycles. The van der Waals surface area contributed by atoms with Crippen LogP contribution in [0.3, 0.4) is 0 Å². The fourth-order valence-electron chi connectivity index (χ4n) is 1.20. The van der Waals surface area contributed by atoms with Crippen LogP contribution in [-0.4, -0.2) is 13.7 Å². The number of anilines is 1. The van der Waals surface area contributed by atoms with Crippen LogP contribution in [0.5, 0.6) is 0 Å². The molecular weight excluding hydrogens is 302 g/mol. The van der Waals surface area contributed by atoms with Crippen LogP contribution in [0.15, 0.2) is 22.7 Å². The maximum absolute atomic E-state index is 11.7. The Morgan fingerprint density at radius 2 is 2.07 bits per heavy atom. The summed E-state index contributed by atoms with van der Waals surface area (Å²) in [5, 5.41) is 0.147. The van der Waals surface area contributed by atoms with Gasteiger partial charge in [0.2, 0.25) is 10.0 Å². The molecule has 1 aromatic rings. The van der Waals surface area contributed by atoms with Gasteiger partial charge in [-0.3, -0.25) is 4.72 Å². The molecule has 3 nitrogen and oxygen atoms in total. The summed E-state index contributed by atoms with van der Waals surface area (Å²) < 4.78 is 26.5. The van der Waals surface area contributed by atoms with Gasteiger partial charge >= 0.3 is 0 Å². The van der Waals surface area contributed by atoms with Gasteiger partial charge in [0.1, 0.15) is 0 Å². The first-order valence-electron chi connectivity index (χ1n) is 4.46. The zero-order valence-electron chi connectivity index (χ0n) is 7.70. The van der Waals surface area contributed by atoms with Gasteiger partial charge in [-0.2, -0.15) is 0 Å². The Bertz CT molecular complexity index is 465. The van der Waals surface area contributed by atoms with Gasteiger partial charge in [-0.05, 0) is 40.9 Å². The van der Waals surface area contributed by atoms with Crippen molar-refractivity contribution in [2.24, 2.45) is 0 Å². The SMILES string of the molecule is O=S(=O)(Nc1c(Cl)cccc1Br)C1CC1. The maximum Gasteiger partial charge on any atom is 0.235 e. The molecular formula is C9H9BrClNO2S. The molecule has 1 aliphatic carbocycles. The van der Waals surface area contributed by atoms with E-state index < -0.39 is 10.0 Å². The Hall–Kier alpha value is -0.260. The molecule has 1 N–H and O–H groups in total. The van der Waals surface area contributed by atoms with E-state index in [4.69, 9.17) is 11.6 Å². The first-order chi connectivity index (χ1) is 7.00. The molecule has 0 heterocycles. The van der Waals surface area contributed by atoms with Crippen molar-refractivity contribution in [1.82, 2.24) is 0 Å². The molecule has 0 bridgehead atoms. The Morgan fingerprint density at radius 1 is 1.40 bits per heavy atom. The van der Waals surface area contributed by atoms with Crippen molar-refractivity contribution < 1.29 is 8.42 Å². The third-order valence-corrected chi connectivity index (χ3v) is 4.98.